The Hall–Kier alpha value is -1.38. The zero-order valence-electron chi connectivity index (χ0n) is 7.79. The summed E-state index contributed by atoms with van der Waals surface area (Å²) >= 11 is 0. The maximum atomic E-state index is 11.0. The van der Waals surface area contributed by atoms with Crippen LogP contribution in [0.15, 0.2) is 12.1 Å². The Morgan fingerprint density at radius 2 is 2.31 bits per heavy atom. The number of anilines is 1. The Bertz CT molecular complexity index is 363. The first-order chi connectivity index (χ1) is 6.16. The largest absolute Gasteiger partial charge is 0.310 e. The lowest BCUT2D eigenvalue weighted by Gasteiger charge is -2.05. The molecule has 2 heterocycles. The molecule has 1 amide bonds. The van der Waals surface area contributed by atoms with Crippen molar-refractivity contribution in [1.29, 1.82) is 0 Å². The molecule has 0 aliphatic carbocycles. The van der Waals surface area contributed by atoms with Crippen molar-refractivity contribution in [3.05, 3.63) is 23.4 Å². The summed E-state index contributed by atoms with van der Waals surface area (Å²) < 4.78 is 0. The standard InChI is InChI=1S/C10H12N2O.H2/c1-6(2)8-4-3-7-5-9(13)12-10(7)11-8;/h3-4,6H,5H2,1-2H3,(H,11,12,13);1H. The smallest absolute Gasteiger partial charge is 0.230 e. The number of amides is 1. The van der Waals surface area contributed by atoms with E-state index < -0.39 is 0 Å². The molecule has 1 N–H and O–H groups in total. The number of aromatic nitrogens is 1. The Morgan fingerprint density at radius 1 is 1.54 bits per heavy atom. The molecule has 2 rings (SSSR count). The van der Waals surface area contributed by atoms with E-state index in [4.69, 9.17) is 0 Å². The van der Waals surface area contributed by atoms with E-state index in [1.165, 1.54) is 0 Å². The predicted octanol–water partition coefficient (Wildman–Crippen LogP) is 1.95. The highest BCUT2D eigenvalue weighted by Gasteiger charge is 2.19. The summed E-state index contributed by atoms with van der Waals surface area (Å²) in [6, 6.07) is 3.97. The molecule has 0 aromatic carbocycles. The van der Waals surface area contributed by atoms with E-state index in [2.05, 4.69) is 24.1 Å². The monoisotopic (exact) mass is 178 g/mol. The van der Waals surface area contributed by atoms with Crippen LogP contribution >= 0.6 is 0 Å². The van der Waals surface area contributed by atoms with Gasteiger partial charge in [-0.3, -0.25) is 4.79 Å². The Balaban J connectivity index is 0.000000980. The van der Waals surface area contributed by atoms with Gasteiger partial charge in [-0.1, -0.05) is 19.9 Å². The average molecular weight is 178 g/mol. The minimum absolute atomic E-state index is 0. The highest BCUT2D eigenvalue weighted by Crippen LogP contribution is 2.23. The highest BCUT2D eigenvalue weighted by atomic mass is 16.1. The fourth-order valence-electron chi connectivity index (χ4n) is 1.42. The van der Waals surface area contributed by atoms with E-state index in [0.29, 0.717) is 12.3 Å². The molecule has 1 aromatic heterocycles. The second-order valence-electron chi connectivity index (χ2n) is 3.62. The quantitative estimate of drug-likeness (QED) is 0.714. The molecule has 0 bridgehead atoms. The number of nitrogens with one attached hydrogen (secondary N) is 1. The lowest BCUT2D eigenvalue weighted by molar-refractivity contribution is -0.115. The molecule has 3 nitrogen and oxygen atoms in total. The molecule has 0 unspecified atom stereocenters. The molecule has 1 aliphatic heterocycles. The van der Waals surface area contributed by atoms with Gasteiger partial charge in [-0.05, 0) is 12.0 Å². The van der Waals surface area contributed by atoms with Gasteiger partial charge in [0, 0.05) is 12.7 Å². The highest BCUT2D eigenvalue weighted by molar-refractivity contribution is 5.97. The maximum absolute atomic E-state index is 11.0. The van der Waals surface area contributed by atoms with E-state index in [1.807, 2.05) is 12.1 Å². The van der Waals surface area contributed by atoms with Crippen LogP contribution in [0.5, 0.6) is 0 Å². The van der Waals surface area contributed by atoms with Crippen molar-refractivity contribution in [2.24, 2.45) is 0 Å². The number of hydrogen-bond donors (Lipinski definition) is 1. The van der Waals surface area contributed by atoms with Crippen LogP contribution in [0.4, 0.5) is 5.82 Å². The van der Waals surface area contributed by atoms with Gasteiger partial charge in [0.05, 0.1) is 6.42 Å². The number of carbonyl (C=O) groups excluding carboxylic acids is 1. The van der Waals surface area contributed by atoms with E-state index >= 15 is 0 Å². The predicted molar refractivity (Wildman–Crippen MR) is 52.8 cm³/mol. The molecule has 1 aromatic rings. The molecule has 0 saturated heterocycles. The third kappa shape index (κ3) is 1.41. The van der Waals surface area contributed by atoms with E-state index in [0.717, 1.165) is 17.1 Å². The van der Waals surface area contributed by atoms with Gasteiger partial charge in [0.2, 0.25) is 5.91 Å². The van der Waals surface area contributed by atoms with Crippen LogP contribution in [-0.2, 0) is 11.2 Å². The second kappa shape index (κ2) is 2.83. The van der Waals surface area contributed by atoms with Gasteiger partial charge in [0.25, 0.3) is 0 Å². The summed E-state index contributed by atoms with van der Waals surface area (Å²) in [5, 5.41) is 2.74. The summed E-state index contributed by atoms with van der Waals surface area (Å²) in [5.41, 5.74) is 2.04. The van der Waals surface area contributed by atoms with Crippen molar-refractivity contribution in [3.8, 4) is 0 Å². The van der Waals surface area contributed by atoms with Gasteiger partial charge in [-0.25, -0.2) is 4.98 Å². The molecular formula is C10H14N2O. The first-order valence-electron chi connectivity index (χ1n) is 4.46. The van der Waals surface area contributed by atoms with Crippen LogP contribution in [-0.4, -0.2) is 10.9 Å². The molecule has 70 valence electrons. The van der Waals surface area contributed by atoms with Gasteiger partial charge in [0.1, 0.15) is 5.82 Å². The van der Waals surface area contributed by atoms with Gasteiger partial charge >= 0.3 is 0 Å². The van der Waals surface area contributed by atoms with Crippen LogP contribution in [0.25, 0.3) is 0 Å². The van der Waals surface area contributed by atoms with Gasteiger partial charge in [-0.2, -0.15) is 0 Å². The molecule has 0 fully saturated rings. The van der Waals surface area contributed by atoms with Crippen LogP contribution in [0.1, 0.15) is 32.4 Å². The molecule has 0 radical (unpaired) electrons. The molecular weight excluding hydrogens is 164 g/mol. The number of carbonyl (C=O) groups is 1. The number of hydrogen-bond acceptors (Lipinski definition) is 2. The van der Waals surface area contributed by atoms with Crippen LogP contribution in [0.2, 0.25) is 0 Å². The zero-order chi connectivity index (χ0) is 9.42. The Kier molecular flexibility index (Phi) is 1.79. The average Bonchev–Trinajstić information content (AvgIpc) is 2.42. The molecule has 0 spiro atoms. The van der Waals surface area contributed by atoms with Crippen molar-refractivity contribution in [2.75, 3.05) is 5.32 Å². The minimum atomic E-state index is 0. The maximum Gasteiger partial charge on any atom is 0.230 e. The first-order valence-corrected chi connectivity index (χ1v) is 4.46. The Morgan fingerprint density at radius 3 is 3.00 bits per heavy atom. The van der Waals surface area contributed by atoms with E-state index in [1.54, 1.807) is 0 Å². The molecule has 13 heavy (non-hydrogen) atoms. The summed E-state index contributed by atoms with van der Waals surface area (Å²) in [6.45, 7) is 4.18. The second-order valence-corrected chi connectivity index (χ2v) is 3.62. The third-order valence-electron chi connectivity index (χ3n) is 2.20. The molecule has 1 aliphatic rings. The van der Waals surface area contributed by atoms with Gasteiger partial charge in [0.15, 0.2) is 0 Å². The van der Waals surface area contributed by atoms with Crippen molar-refractivity contribution in [3.63, 3.8) is 0 Å². The van der Waals surface area contributed by atoms with Crippen LogP contribution in [0, 0.1) is 0 Å². The minimum Gasteiger partial charge on any atom is -0.310 e. The number of pyridine rings is 1. The summed E-state index contributed by atoms with van der Waals surface area (Å²) in [5.74, 6) is 1.20. The lowest BCUT2D eigenvalue weighted by Crippen LogP contribution is -2.05. The van der Waals surface area contributed by atoms with Gasteiger partial charge < -0.3 is 5.32 Å². The molecule has 0 saturated carbocycles. The molecule has 0 atom stereocenters. The number of rotatable bonds is 1. The lowest BCUT2D eigenvalue weighted by atomic mass is 10.1. The van der Waals surface area contributed by atoms with Crippen LogP contribution in [0.3, 0.4) is 0 Å². The van der Waals surface area contributed by atoms with Gasteiger partial charge in [-0.15, -0.1) is 0 Å². The summed E-state index contributed by atoms with van der Waals surface area (Å²) in [6.07, 6.45) is 0.473. The number of fused-ring (bicyclic) bond motifs is 1. The van der Waals surface area contributed by atoms with Crippen molar-refractivity contribution in [1.82, 2.24) is 4.98 Å². The zero-order valence-corrected chi connectivity index (χ0v) is 7.79. The summed E-state index contributed by atoms with van der Waals surface area (Å²) in [7, 11) is 0. The van der Waals surface area contributed by atoms with Crippen LogP contribution < -0.4 is 5.32 Å². The first kappa shape index (κ1) is 8.23. The van der Waals surface area contributed by atoms with E-state index in [-0.39, 0.29) is 7.33 Å². The topological polar surface area (TPSA) is 42.0 Å². The number of nitrogens with zero attached hydrogens (tertiary/aromatic N) is 1. The third-order valence-corrected chi connectivity index (χ3v) is 2.20. The SMILES string of the molecule is CC(C)c1ccc2c(n1)NC(=O)C2.[HH]. The van der Waals surface area contributed by atoms with Crippen molar-refractivity contribution < 1.29 is 6.22 Å². The van der Waals surface area contributed by atoms with Crippen molar-refractivity contribution in [2.45, 2.75) is 26.2 Å². The van der Waals surface area contributed by atoms with Crippen molar-refractivity contribution >= 4 is 11.7 Å². The summed E-state index contributed by atoms with van der Waals surface area (Å²) in [4.78, 5) is 15.4. The Labute approximate surface area is 78.7 Å². The molecule has 3 heteroatoms. The normalized spacial score (nSPS) is 14.5. The fourth-order valence-corrected chi connectivity index (χ4v) is 1.42. The van der Waals surface area contributed by atoms with E-state index in [9.17, 15) is 4.79 Å². The fraction of sp³-hybridized carbons (Fsp3) is 0.400.